The molecule has 0 unspecified atom stereocenters. The van der Waals surface area contributed by atoms with Gasteiger partial charge in [0.25, 0.3) is 0 Å². The summed E-state index contributed by atoms with van der Waals surface area (Å²) in [4.78, 5) is 4.09. The van der Waals surface area contributed by atoms with Crippen LogP contribution in [0.2, 0.25) is 0 Å². The van der Waals surface area contributed by atoms with Gasteiger partial charge >= 0.3 is 0 Å². The molecule has 1 aromatic heterocycles. The van der Waals surface area contributed by atoms with Crippen LogP contribution in [0.4, 0.5) is 0 Å². The number of aliphatic hydroxyl groups excluding tert-OH is 1. The number of aryl methyl sites for hydroxylation is 1. The quantitative estimate of drug-likeness (QED) is 0.821. The van der Waals surface area contributed by atoms with Crippen LogP contribution in [0.1, 0.15) is 22.2 Å². The van der Waals surface area contributed by atoms with Crippen LogP contribution >= 0.6 is 23.1 Å². The third kappa shape index (κ3) is 3.60. The molecule has 1 heterocycles. The summed E-state index contributed by atoms with van der Waals surface area (Å²) in [7, 11) is 0. The van der Waals surface area contributed by atoms with Crippen molar-refractivity contribution in [1.29, 1.82) is 0 Å². The maximum Gasteiger partial charge on any atom is 0.0682 e. The lowest BCUT2D eigenvalue weighted by molar-refractivity contribution is 0.281. The molecule has 2 rings (SSSR count). The van der Waals surface area contributed by atoms with Gasteiger partial charge in [0, 0.05) is 20.4 Å². The summed E-state index contributed by atoms with van der Waals surface area (Å²) in [6.07, 6.45) is 1.12. The van der Waals surface area contributed by atoms with Crippen molar-refractivity contribution in [2.24, 2.45) is 0 Å². The van der Waals surface area contributed by atoms with E-state index in [0.717, 1.165) is 17.7 Å². The van der Waals surface area contributed by atoms with Crippen LogP contribution in [-0.4, -0.2) is 5.11 Å². The molecule has 0 aliphatic heterocycles. The molecule has 1 nitrogen and oxygen atoms in total. The van der Waals surface area contributed by atoms with Crippen LogP contribution in [0, 0.1) is 0 Å². The molecule has 0 spiro atoms. The van der Waals surface area contributed by atoms with Crippen LogP contribution in [0.3, 0.4) is 0 Å². The average molecular weight is 264 g/mol. The van der Waals surface area contributed by atoms with Gasteiger partial charge in [0.2, 0.25) is 0 Å². The molecule has 2 aromatic rings. The summed E-state index contributed by atoms with van der Waals surface area (Å²) < 4.78 is 0. The zero-order valence-electron chi connectivity index (χ0n) is 9.85. The molecule has 0 atom stereocenters. The van der Waals surface area contributed by atoms with Gasteiger partial charge in [-0.3, -0.25) is 0 Å². The highest BCUT2D eigenvalue weighted by Gasteiger charge is 2.01. The molecular formula is C14H16OS2. The van der Waals surface area contributed by atoms with Crippen LogP contribution in [0.15, 0.2) is 41.3 Å². The first kappa shape index (κ1) is 12.7. The van der Waals surface area contributed by atoms with Crippen molar-refractivity contribution in [3.05, 3.63) is 51.7 Å². The Bertz CT molecular complexity index is 477. The van der Waals surface area contributed by atoms with E-state index in [1.807, 2.05) is 35.2 Å². The molecule has 17 heavy (non-hydrogen) atoms. The first-order chi connectivity index (χ1) is 8.31. The van der Waals surface area contributed by atoms with Crippen LogP contribution < -0.4 is 0 Å². The molecule has 0 fully saturated rings. The van der Waals surface area contributed by atoms with Gasteiger partial charge < -0.3 is 5.11 Å². The molecule has 0 aliphatic carbocycles. The normalized spacial score (nSPS) is 10.7. The zero-order valence-corrected chi connectivity index (χ0v) is 11.5. The Balaban J connectivity index is 1.96. The first-order valence-corrected chi connectivity index (χ1v) is 7.52. The predicted octanol–water partition coefficient (Wildman–Crippen LogP) is 4.10. The molecule has 1 aromatic carbocycles. The highest BCUT2D eigenvalue weighted by Crippen LogP contribution is 2.27. The van der Waals surface area contributed by atoms with E-state index in [-0.39, 0.29) is 6.61 Å². The van der Waals surface area contributed by atoms with E-state index in [1.165, 1.54) is 14.6 Å². The topological polar surface area (TPSA) is 20.2 Å². The van der Waals surface area contributed by atoms with E-state index >= 15 is 0 Å². The Hall–Kier alpha value is -0.770. The van der Waals surface area contributed by atoms with E-state index in [9.17, 15) is 0 Å². The Labute approximate surface area is 111 Å². The van der Waals surface area contributed by atoms with E-state index in [4.69, 9.17) is 5.11 Å². The summed E-state index contributed by atoms with van der Waals surface area (Å²) in [5, 5.41) is 9.08. The number of thioether (sulfide) groups is 1. The largest absolute Gasteiger partial charge is 0.392 e. The molecular weight excluding hydrogens is 248 g/mol. The molecule has 0 amide bonds. The lowest BCUT2D eigenvalue weighted by Crippen LogP contribution is -1.82. The van der Waals surface area contributed by atoms with Crippen molar-refractivity contribution in [3.63, 3.8) is 0 Å². The van der Waals surface area contributed by atoms with Gasteiger partial charge in [-0.25, -0.2) is 0 Å². The monoisotopic (exact) mass is 264 g/mol. The summed E-state index contributed by atoms with van der Waals surface area (Å²) in [5.41, 5.74) is 0.982. The number of hydrogen-bond donors (Lipinski definition) is 1. The molecule has 0 saturated heterocycles. The number of rotatable bonds is 5. The summed E-state index contributed by atoms with van der Waals surface area (Å²) >= 11 is 3.72. The number of aliphatic hydroxyl groups is 1. The first-order valence-electron chi connectivity index (χ1n) is 5.72. The minimum absolute atomic E-state index is 0.118. The molecule has 3 heteroatoms. The molecule has 0 aliphatic rings. The van der Waals surface area contributed by atoms with Crippen LogP contribution in [0.25, 0.3) is 0 Å². The van der Waals surface area contributed by atoms with E-state index in [1.54, 1.807) is 0 Å². The molecule has 0 bridgehead atoms. The summed E-state index contributed by atoms with van der Waals surface area (Å²) in [6.45, 7) is 2.31. The second kappa shape index (κ2) is 6.24. The fourth-order valence-corrected chi connectivity index (χ4v) is 3.56. The van der Waals surface area contributed by atoms with Gasteiger partial charge in [0.15, 0.2) is 0 Å². The Kier molecular flexibility index (Phi) is 4.66. The Morgan fingerprint density at radius 2 is 2.00 bits per heavy atom. The lowest BCUT2D eigenvalue weighted by atomic mass is 10.2. The van der Waals surface area contributed by atoms with Gasteiger partial charge in [-0.15, -0.1) is 23.1 Å². The third-order valence-electron chi connectivity index (χ3n) is 2.53. The lowest BCUT2D eigenvalue weighted by Gasteiger charge is -2.02. The molecule has 0 radical (unpaired) electrons. The number of benzene rings is 1. The van der Waals surface area contributed by atoms with Gasteiger partial charge in [-0.1, -0.05) is 19.1 Å². The second-order valence-corrected chi connectivity index (χ2v) is 6.12. The average Bonchev–Trinajstić information content (AvgIpc) is 2.84. The molecule has 90 valence electrons. The van der Waals surface area contributed by atoms with Crippen LogP contribution in [0.5, 0.6) is 0 Å². The van der Waals surface area contributed by atoms with Crippen LogP contribution in [-0.2, 0) is 18.8 Å². The van der Waals surface area contributed by atoms with E-state index in [0.29, 0.717) is 0 Å². The van der Waals surface area contributed by atoms with Crippen molar-refractivity contribution in [1.82, 2.24) is 0 Å². The number of thiophene rings is 1. The van der Waals surface area contributed by atoms with E-state index in [2.05, 4.69) is 31.2 Å². The molecule has 0 saturated carbocycles. The number of hydrogen-bond acceptors (Lipinski definition) is 3. The van der Waals surface area contributed by atoms with Gasteiger partial charge in [-0.2, -0.15) is 0 Å². The van der Waals surface area contributed by atoms with Crippen molar-refractivity contribution >= 4 is 23.1 Å². The van der Waals surface area contributed by atoms with Gasteiger partial charge in [0.05, 0.1) is 6.61 Å². The maximum absolute atomic E-state index is 9.08. The van der Waals surface area contributed by atoms with Crippen molar-refractivity contribution < 1.29 is 5.11 Å². The fourth-order valence-electron chi connectivity index (χ4n) is 1.58. The summed E-state index contributed by atoms with van der Waals surface area (Å²) in [6, 6.07) is 12.5. The Morgan fingerprint density at radius 3 is 2.71 bits per heavy atom. The maximum atomic E-state index is 9.08. The summed E-state index contributed by atoms with van der Waals surface area (Å²) in [5.74, 6) is 1.01. The zero-order chi connectivity index (χ0) is 12.1. The SMILES string of the molecule is CCc1ccc(CSc2cccc(CO)c2)s1. The highest BCUT2D eigenvalue weighted by atomic mass is 32.2. The fraction of sp³-hybridized carbons (Fsp3) is 0.286. The smallest absolute Gasteiger partial charge is 0.0682 e. The Morgan fingerprint density at radius 1 is 1.18 bits per heavy atom. The van der Waals surface area contributed by atoms with Crippen molar-refractivity contribution in [2.45, 2.75) is 30.6 Å². The minimum Gasteiger partial charge on any atom is -0.392 e. The van der Waals surface area contributed by atoms with Crippen molar-refractivity contribution in [2.75, 3.05) is 0 Å². The second-order valence-electron chi connectivity index (χ2n) is 3.82. The van der Waals surface area contributed by atoms with Gasteiger partial charge in [-0.05, 0) is 36.2 Å². The third-order valence-corrected chi connectivity index (χ3v) is 4.98. The standard InChI is InChI=1S/C14H16OS2/c1-2-12-6-7-14(17-12)10-16-13-5-3-4-11(8-13)9-15/h3-8,15H,2,9-10H2,1H3. The van der Waals surface area contributed by atoms with Gasteiger partial charge in [0.1, 0.15) is 0 Å². The van der Waals surface area contributed by atoms with E-state index < -0.39 is 0 Å². The minimum atomic E-state index is 0.118. The predicted molar refractivity (Wildman–Crippen MR) is 75.6 cm³/mol. The molecule has 1 N–H and O–H groups in total. The highest BCUT2D eigenvalue weighted by molar-refractivity contribution is 7.98. The van der Waals surface area contributed by atoms with Crippen molar-refractivity contribution in [3.8, 4) is 0 Å².